The van der Waals surface area contributed by atoms with Gasteiger partial charge >= 0.3 is 0 Å². The highest BCUT2D eigenvalue weighted by molar-refractivity contribution is 5.98. The Bertz CT molecular complexity index is 2070. The molecule has 49 heavy (non-hydrogen) atoms. The quantitative estimate of drug-likeness (QED) is 0.155. The minimum absolute atomic E-state index is 0.0157. The average Bonchev–Trinajstić information content (AvgIpc) is 3.09. The molecule has 10 heteroatoms. The van der Waals surface area contributed by atoms with E-state index in [0.29, 0.717) is 59.1 Å². The van der Waals surface area contributed by atoms with Gasteiger partial charge in [-0.25, -0.2) is 13.8 Å². The maximum absolute atomic E-state index is 15.7. The topological polar surface area (TPSA) is 106 Å². The number of Topliss-reactive ketones (excluding diaryl/α,β-unsaturated/α-hetero) is 1. The lowest BCUT2D eigenvalue weighted by Gasteiger charge is -2.34. The van der Waals surface area contributed by atoms with Crippen molar-refractivity contribution in [3.05, 3.63) is 118 Å². The van der Waals surface area contributed by atoms with Gasteiger partial charge in [0.1, 0.15) is 17.5 Å². The van der Waals surface area contributed by atoms with Crippen molar-refractivity contribution in [3.8, 4) is 44.9 Å². The first-order valence-electron chi connectivity index (χ1n) is 15.9. The van der Waals surface area contributed by atoms with Gasteiger partial charge in [-0.3, -0.25) is 9.59 Å². The van der Waals surface area contributed by atoms with Crippen LogP contribution in [0.5, 0.6) is 11.5 Å². The van der Waals surface area contributed by atoms with E-state index in [2.05, 4.69) is 11.9 Å². The molecule has 6 rings (SSSR count). The molecular weight excluding hydrogens is 628 g/mol. The monoisotopic (exact) mass is 665 g/mol. The van der Waals surface area contributed by atoms with Crippen LogP contribution in [0, 0.1) is 17.0 Å². The Morgan fingerprint density at radius 2 is 1.59 bits per heavy atom. The summed E-state index contributed by atoms with van der Waals surface area (Å²) in [6.45, 7) is 3.99. The van der Waals surface area contributed by atoms with E-state index < -0.39 is 22.8 Å². The third kappa shape index (κ3) is 7.24. The molecule has 1 fully saturated rings. The van der Waals surface area contributed by atoms with Crippen molar-refractivity contribution in [1.29, 1.82) is 0 Å². The minimum atomic E-state index is -0.590. The number of nitrogens with zero attached hydrogens (tertiary/aromatic N) is 2. The van der Waals surface area contributed by atoms with Gasteiger partial charge in [0.15, 0.2) is 22.7 Å². The lowest BCUT2D eigenvalue weighted by molar-refractivity contribution is 0.0154. The summed E-state index contributed by atoms with van der Waals surface area (Å²) in [5, 5.41) is 0. The van der Waals surface area contributed by atoms with Crippen molar-refractivity contribution in [2.75, 3.05) is 33.2 Å². The van der Waals surface area contributed by atoms with Crippen LogP contribution in [0.4, 0.5) is 14.6 Å². The van der Waals surface area contributed by atoms with Gasteiger partial charge in [-0.15, -0.1) is 0 Å². The molecule has 0 atom stereocenters. The third-order valence-electron chi connectivity index (χ3n) is 9.12. The first-order chi connectivity index (χ1) is 23.6. The second-order valence-corrected chi connectivity index (χ2v) is 12.7. The molecule has 0 bridgehead atoms. The molecule has 1 aliphatic heterocycles. The SMILES string of the molecule is COc1ccc(-c2cnc(N)c(-c3ccc(CC(=O)c4cn(CC5(C)CCOCC5)cc(-c5ccc(F)cc5)c4=O)cc3F)c2)cc1OC. The smallest absolute Gasteiger partial charge is 0.200 e. The van der Waals surface area contributed by atoms with Crippen LogP contribution in [0.25, 0.3) is 33.4 Å². The van der Waals surface area contributed by atoms with E-state index in [1.54, 1.807) is 63.1 Å². The molecule has 3 aromatic carbocycles. The lowest BCUT2D eigenvalue weighted by Crippen LogP contribution is -2.32. The van der Waals surface area contributed by atoms with Gasteiger partial charge in [0.2, 0.25) is 0 Å². The molecule has 1 aliphatic rings. The second-order valence-electron chi connectivity index (χ2n) is 12.7. The molecule has 1 saturated heterocycles. The van der Waals surface area contributed by atoms with Crippen LogP contribution < -0.4 is 20.6 Å². The minimum Gasteiger partial charge on any atom is -0.493 e. The van der Waals surface area contributed by atoms with Crippen molar-refractivity contribution in [3.63, 3.8) is 0 Å². The van der Waals surface area contributed by atoms with Gasteiger partial charge in [-0.1, -0.05) is 37.3 Å². The third-order valence-corrected chi connectivity index (χ3v) is 9.12. The number of nitrogen functional groups attached to an aromatic ring is 1. The lowest BCUT2D eigenvalue weighted by atomic mass is 9.82. The molecule has 5 aromatic rings. The van der Waals surface area contributed by atoms with E-state index in [1.165, 1.54) is 30.3 Å². The highest BCUT2D eigenvalue weighted by Crippen LogP contribution is 2.36. The van der Waals surface area contributed by atoms with Gasteiger partial charge < -0.3 is 24.5 Å². The molecular formula is C39H37F2N3O5. The van der Waals surface area contributed by atoms with Crippen LogP contribution in [0.2, 0.25) is 0 Å². The van der Waals surface area contributed by atoms with Gasteiger partial charge in [0.05, 0.1) is 19.8 Å². The Hall–Kier alpha value is -5.35. The second kappa shape index (κ2) is 14.0. The Kier molecular flexibility index (Phi) is 9.60. The number of carbonyl (C=O) groups is 1. The van der Waals surface area contributed by atoms with Crippen molar-refractivity contribution < 1.29 is 27.8 Å². The zero-order valence-corrected chi connectivity index (χ0v) is 27.6. The van der Waals surface area contributed by atoms with Crippen LogP contribution >= 0.6 is 0 Å². The fourth-order valence-electron chi connectivity index (χ4n) is 6.25. The van der Waals surface area contributed by atoms with Gasteiger partial charge in [-0.05, 0) is 71.3 Å². The number of benzene rings is 3. The van der Waals surface area contributed by atoms with Crippen LogP contribution in [-0.4, -0.2) is 42.8 Å². The van der Waals surface area contributed by atoms with Crippen LogP contribution in [0.1, 0.15) is 35.7 Å². The number of pyridine rings is 2. The number of ketones is 1. The van der Waals surface area contributed by atoms with Crippen LogP contribution in [-0.2, 0) is 17.7 Å². The average molecular weight is 666 g/mol. The largest absolute Gasteiger partial charge is 0.493 e. The number of aromatic nitrogens is 2. The van der Waals surface area contributed by atoms with Crippen molar-refractivity contribution in [2.24, 2.45) is 5.41 Å². The number of ether oxygens (including phenoxy) is 3. The standard InChI is InChI=1S/C39H37F2N3O5/c1-39(12-14-49-15-13-39)23-44-21-31(25-5-8-28(40)9-6-25)37(46)32(22-44)34(45)17-24-4-10-29(33(41)16-24)30-18-27(20-43-38(30)42)26-7-11-35(47-2)36(19-26)48-3/h4-11,16,18-22H,12-15,17,23H2,1-3H3,(H2,42,43). The van der Waals surface area contributed by atoms with E-state index in [4.69, 9.17) is 19.9 Å². The predicted molar refractivity (Wildman–Crippen MR) is 185 cm³/mol. The van der Waals surface area contributed by atoms with E-state index in [1.807, 2.05) is 10.6 Å². The molecule has 0 aliphatic carbocycles. The summed E-state index contributed by atoms with van der Waals surface area (Å²) in [6.07, 6.45) is 6.35. The van der Waals surface area contributed by atoms with Crippen molar-refractivity contribution in [1.82, 2.24) is 9.55 Å². The summed E-state index contributed by atoms with van der Waals surface area (Å²) in [5.41, 5.74) is 8.88. The van der Waals surface area contributed by atoms with Gasteiger partial charge in [0, 0.05) is 67.0 Å². The Balaban J connectivity index is 1.30. The zero-order chi connectivity index (χ0) is 34.7. The summed E-state index contributed by atoms with van der Waals surface area (Å²) < 4.78 is 47.6. The van der Waals surface area contributed by atoms with Crippen LogP contribution in [0.15, 0.2) is 90.1 Å². The van der Waals surface area contributed by atoms with E-state index in [9.17, 15) is 14.0 Å². The molecule has 0 spiro atoms. The molecule has 0 unspecified atom stereocenters. The number of halogens is 2. The highest BCUT2D eigenvalue weighted by atomic mass is 19.1. The maximum Gasteiger partial charge on any atom is 0.200 e. The number of hydrogen-bond acceptors (Lipinski definition) is 7. The predicted octanol–water partition coefficient (Wildman–Crippen LogP) is 7.36. The first kappa shape index (κ1) is 33.5. The number of methoxy groups -OCH3 is 2. The Labute approximate surface area is 283 Å². The number of rotatable bonds is 10. The molecule has 0 radical (unpaired) electrons. The fraction of sp³-hybridized carbons (Fsp3) is 0.256. The maximum atomic E-state index is 15.7. The van der Waals surface area contributed by atoms with Gasteiger partial charge in [-0.2, -0.15) is 0 Å². The van der Waals surface area contributed by atoms with E-state index in [-0.39, 0.29) is 28.8 Å². The van der Waals surface area contributed by atoms with E-state index in [0.717, 1.165) is 18.4 Å². The highest BCUT2D eigenvalue weighted by Gasteiger charge is 2.28. The molecule has 0 amide bonds. The summed E-state index contributed by atoms with van der Waals surface area (Å²) in [6, 6.07) is 17.2. The normalized spacial score (nSPS) is 14.0. The molecule has 0 saturated carbocycles. The number of carbonyl (C=O) groups excluding carboxylic acids is 1. The summed E-state index contributed by atoms with van der Waals surface area (Å²) in [4.78, 5) is 31.8. The molecule has 2 aromatic heterocycles. The zero-order valence-electron chi connectivity index (χ0n) is 27.6. The molecule has 252 valence electrons. The number of anilines is 1. The van der Waals surface area contributed by atoms with E-state index >= 15 is 4.39 Å². The Morgan fingerprint density at radius 1 is 0.878 bits per heavy atom. The number of nitrogens with two attached hydrogens (primary N) is 1. The summed E-state index contributed by atoms with van der Waals surface area (Å²) >= 11 is 0. The first-order valence-corrected chi connectivity index (χ1v) is 15.9. The summed E-state index contributed by atoms with van der Waals surface area (Å²) in [5.74, 6) is -0.228. The molecule has 2 N–H and O–H groups in total. The van der Waals surface area contributed by atoms with Crippen molar-refractivity contribution >= 4 is 11.6 Å². The Morgan fingerprint density at radius 3 is 2.29 bits per heavy atom. The summed E-state index contributed by atoms with van der Waals surface area (Å²) in [7, 11) is 3.09. The van der Waals surface area contributed by atoms with Gasteiger partial charge in [0.25, 0.3) is 0 Å². The number of hydrogen-bond donors (Lipinski definition) is 1. The molecule has 3 heterocycles. The van der Waals surface area contributed by atoms with Crippen LogP contribution in [0.3, 0.4) is 0 Å². The fourth-order valence-corrected chi connectivity index (χ4v) is 6.25. The molecule has 8 nitrogen and oxygen atoms in total. The van der Waals surface area contributed by atoms with Crippen molar-refractivity contribution in [2.45, 2.75) is 32.7 Å².